The van der Waals surface area contributed by atoms with Crippen LogP contribution in [0.15, 0.2) is 12.1 Å². The standard InChI is InChI=1S/C13H19FN4OS/c14-10-8-11(15)9(13(16)19)7-12(10)17-1-2-18-3-5-20-6-4-18/h7-8,17H,1-6,15H2,(H2,16,19). The minimum Gasteiger partial charge on any atom is -0.398 e. The van der Waals surface area contributed by atoms with Gasteiger partial charge in [0.05, 0.1) is 11.3 Å². The van der Waals surface area contributed by atoms with E-state index in [2.05, 4.69) is 10.2 Å². The van der Waals surface area contributed by atoms with Gasteiger partial charge in [0, 0.05) is 43.4 Å². The van der Waals surface area contributed by atoms with E-state index in [1.54, 1.807) is 0 Å². The fourth-order valence-electron chi connectivity index (χ4n) is 2.11. The molecule has 5 nitrogen and oxygen atoms in total. The van der Waals surface area contributed by atoms with Gasteiger partial charge in [0.25, 0.3) is 5.91 Å². The van der Waals surface area contributed by atoms with Gasteiger partial charge >= 0.3 is 0 Å². The predicted octanol–water partition coefficient (Wildman–Crippen LogP) is 0.967. The van der Waals surface area contributed by atoms with Crippen LogP contribution in [0.3, 0.4) is 0 Å². The number of nitrogens with one attached hydrogen (secondary N) is 1. The molecule has 1 heterocycles. The molecule has 1 aliphatic rings. The second kappa shape index (κ2) is 6.81. The zero-order valence-corrected chi connectivity index (χ0v) is 12.0. The first-order chi connectivity index (χ1) is 9.58. The van der Waals surface area contributed by atoms with Crippen LogP contribution in [-0.4, -0.2) is 48.5 Å². The monoisotopic (exact) mass is 298 g/mol. The molecule has 1 aromatic rings. The zero-order valence-electron chi connectivity index (χ0n) is 11.2. The highest BCUT2D eigenvalue weighted by molar-refractivity contribution is 7.99. The van der Waals surface area contributed by atoms with Crippen molar-refractivity contribution in [1.82, 2.24) is 4.90 Å². The van der Waals surface area contributed by atoms with Crippen LogP contribution in [0.2, 0.25) is 0 Å². The molecule has 1 fully saturated rings. The van der Waals surface area contributed by atoms with Crippen LogP contribution in [0.4, 0.5) is 15.8 Å². The van der Waals surface area contributed by atoms with Gasteiger partial charge in [-0.05, 0) is 12.1 Å². The van der Waals surface area contributed by atoms with Crippen LogP contribution in [0.25, 0.3) is 0 Å². The molecule has 0 radical (unpaired) electrons. The Morgan fingerprint density at radius 2 is 2.10 bits per heavy atom. The molecular formula is C13H19FN4OS. The third-order valence-electron chi connectivity index (χ3n) is 3.25. The number of hydrogen-bond donors (Lipinski definition) is 3. The van der Waals surface area contributed by atoms with Crippen LogP contribution in [0, 0.1) is 5.82 Å². The first-order valence-corrected chi connectivity index (χ1v) is 7.66. The molecule has 2 rings (SSSR count). The summed E-state index contributed by atoms with van der Waals surface area (Å²) in [6.45, 7) is 3.58. The molecule has 0 aromatic heterocycles. The molecule has 1 aromatic carbocycles. The van der Waals surface area contributed by atoms with E-state index in [1.807, 2.05) is 11.8 Å². The largest absolute Gasteiger partial charge is 0.398 e. The minimum atomic E-state index is -0.654. The second-order valence-electron chi connectivity index (χ2n) is 4.66. The number of anilines is 2. The molecule has 1 saturated heterocycles. The average Bonchev–Trinajstić information content (AvgIpc) is 2.42. The van der Waals surface area contributed by atoms with Crippen molar-refractivity contribution in [3.63, 3.8) is 0 Å². The number of thioether (sulfide) groups is 1. The topological polar surface area (TPSA) is 84.4 Å². The Morgan fingerprint density at radius 1 is 1.40 bits per heavy atom. The average molecular weight is 298 g/mol. The molecular weight excluding hydrogens is 279 g/mol. The predicted molar refractivity (Wildman–Crippen MR) is 81.6 cm³/mol. The van der Waals surface area contributed by atoms with Crippen LogP contribution in [-0.2, 0) is 0 Å². The SMILES string of the molecule is NC(=O)c1cc(NCCN2CCSCC2)c(F)cc1N. The molecule has 7 heteroatoms. The molecule has 110 valence electrons. The Hall–Kier alpha value is -1.47. The number of rotatable bonds is 5. The molecule has 0 aliphatic carbocycles. The Balaban J connectivity index is 1.94. The highest BCUT2D eigenvalue weighted by Gasteiger charge is 2.13. The summed E-state index contributed by atoms with van der Waals surface area (Å²) in [6, 6.07) is 2.50. The lowest BCUT2D eigenvalue weighted by Crippen LogP contribution is -2.36. The lowest BCUT2D eigenvalue weighted by molar-refractivity contribution is 0.100. The number of nitrogens with zero attached hydrogens (tertiary/aromatic N) is 1. The van der Waals surface area contributed by atoms with Gasteiger partial charge in [0.1, 0.15) is 5.82 Å². The van der Waals surface area contributed by atoms with E-state index >= 15 is 0 Å². The normalized spacial score (nSPS) is 16.1. The Labute approximate surface area is 121 Å². The fourth-order valence-corrected chi connectivity index (χ4v) is 3.09. The Bertz CT molecular complexity index is 492. The number of carbonyl (C=O) groups is 1. The number of amides is 1. The van der Waals surface area contributed by atoms with Gasteiger partial charge in [-0.1, -0.05) is 0 Å². The van der Waals surface area contributed by atoms with Crippen molar-refractivity contribution < 1.29 is 9.18 Å². The smallest absolute Gasteiger partial charge is 0.250 e. The number of carbonyl (C=O) groups excluding carboxylic acids is 1. The second-order valence-corrected chi connectivity index (χ2v) is 5.89. The van der Waals surface area contributed by atoms with Crippen molar-refractivity contribution in [3.8, 4) is 0 Å². The Morgan fingerprint density at radius 3 is 2.75 bits per heavy atom. The van der Waals surface area contributed by atoms with Crippen LogP contribution in [0.5, 0.6) is 0 Å². The molecule has 5 N–H and O–H groups in total. The van der Waals surface area contributed by atoms with Gasteiger partial charge in [-0.15, -0.1) is 0 Å². The van der Waals surface area contributed by atoms with Gasteiger partial charge in [0.2, 0.25) is 0 Å². The van der Waals surface area contributed by atoms with Crippen molar-refractivity contribution in [2.45, 2.75) is 0 Å². The van der Waals surface area contributed by atoms with Gasteiger partial charge in [-0.3, -0.25) is 9.69 Å². The fraction of sp³-hybridized carbons (Fsp3) is 0.462. The van der Waals surface area contributed by atoms with E-state index in [0.717, 1.165) is 37.2 Å². The van der Waals surface area contributed by atoms with Crippen molar-refractivity contribution in [2.75, 3.05) is 48.7 Å². The first-order valence-electron chi connectivity index (χ1n) is 6.50. The van der Waals surface area contributed by atoms with Gasteiger partial charge < -0.3 is 16.8 Å². The summed E-state index contributed by atoms with van der Waals surface area (Å²) in [5.74, 6) is 1.16. The number of primary amides is 1. The number of hydrogen-bond acceptors (Lipinski definition) is 5. The van der Waals surface area contributed by atoms with Gasteiger partial charge in [-0.2, -0.15) is 11.8 Å². The molecule has 1 amide bonds. The summed E-state index contributed by atoms with van der Waals surface area (Å²) in [7, 11) is 0. The lowest BCUT2D eigenvalue weighted by atomic mass is 10.1. The summed E-state index contributed by atoms with van der Waals surface area (Å²) >= 11 is 1.95. The van der Waals surface area contributed by atoms with Crippen molar-refractivity contribution in [3.05, 3.63) is 23.5 Å². The number of nitrogens with two attached hydrogens (primary N) is 2. The van der Waals surface area contributed by atoms with Crippen molar-refractivity contribution in [1.29, 1.82) is 0 Å². The van der Waals surface area contributed by atoms with E-state index in [0.29, 0.717) is 6.54 Å². The molecule has 0 saturated carbocycles. The highest BCUT2D eigenvalue weighted by Crippen LogP contribution is 2.21. The van der Waals surface area contributed by atoms with Crippen molar-refractivity contribution >= 4 is 29.0 Å². The number of benzene rings is 1. The van der Waals surface area contributed by atoms with Gasteiger partial charge in [0.15, 0.2) is 0 Å². The maximum atomic E-state index is 13.7. The van der Waals surface area contributed by atoms with Gasteiger partial charge in [-0.25, -0.2) is 4.39 Å². The van der Waals surface area contributed by atoms with E-state index in [-0.39, 0.29) is 16.9 Å². The highest BCUT2D eigenvalue weighted by atomic mass is 32.2. The lowest BCUT2D eigenvalue weighted by Gasteiger charge is -2.26. The molecule has 0 atom stereocenters. The summed E-state index contributed by atoms with van der Waals surface area (Å²) in [5, 5.41) is 3.00. The molecule has 0 unspecified atom stereocenters. The summed E-state index contributed by atoms with van der Waals surface area (Å²) in [6.07, 6.45) is 0. The van der Waals surface area contributed by atoms with E-state index in [1.165, 1.54) is 6.07 Å². The number of halogens is 1. The summed E-state index contributed by atoms with van der Waals surface area (Å²) in [4.78, 5) is 13.5. The molecule has 1 aliphatic heterocycles. The van der Waals surface area contributed by atoms with Crippen molar-refractivity contribution in [2.24, 2.45) is 5.73 Å². The zero-order chi connectivity index (χ0) is 14.5. The van der Waals surface area contributed by atoms with E-state index in [9.17, 15) is 9.18 Å². The Kier molecular flexibility index (Phi) is 5.08. The number of nitrogen functional groups attached to an aromatic ring is 1. The van der Waals surface area contributed by atoms with Crippen LogP contribution >= 0.6 is 11.8 Å². The maximum absolute atomic E-state index is 13.7. The van der Waals surface area contributed by atoms with Crippen LogP contribution in [0.1, 0.15) is 10.4 Å². The molecule has 20 heavy (non-hydrogen) atoms. The first kappa shape index (κ1) is 14.9. The molecule has 0 bridgehead atoms. The van der Waals surface area contributed by atoms with E-state index in [4.69, 9.17) is 11.5 Å². The molecule has 0 spiro atoms. The third-order valence-corrected chi connectivity index (χ3v) is 4.19. The quantitative estimate of drug-likeness (QED) is 0.705. The van der Waals surface area contributed by atoms with E-state index < -0.39 is 11.7 Å². The minimum absolute atomic E-state index is 0.0635. The summed E-state index contributed by atoms with van der Waals surface area (Å²) < 4.78 is 13.7. The maximum Gasteiger partial charge on any atom is 0.250 e. The van der Waals surface area contributed by atoms with Crippen LogP contribution < -0.4 is 16.8 Å². The third kappa shape index (κ3) is 3.77. The summed E-state index contributed by atoms with van der Waals surface area (Å²) in [5.41, 5.74) is 11.2.